The maximum atomic E-state index is 5.46. The van der Waals surface area contributed by atoms with E-state index in [1.54, 1.807) is 0 Å². The lowest BCUT2D eigenvalue weighted by molar-refractivity contribution is 1.11. The number of hydrogen-bond acceptors (Lipinski definition) is 2. The van der Waals surface area contributed by atoms with Gasteiger partial charge in [-0.1, -0.05) is 153 Å². The molecule has 2 aromatic heterocycles. The van der Waals surface area contributed by atoms with Crippen LogP contribution in [0.15, 0.2) is 170 Å². The molecular formula is C49H33NS. The maximum Gasteiger partial charge on any atom is 0.0747 e. The Bertz CT molecular complexity index is 2880. The molecule has 1 nitrogen and oxygen atoms in total. The number of rotatable bonds is 5. The lowest BCUT2D eigenvalue weighted by atomic mass is 9.88. The molecule has 0 aliphatic heterocycles. The summed E-state index contributed by atoms with van der Waals surface area (Å²) >= 11 is 1.88. The van der Waals surface area contributed by atoms with Crippen molar-refractivity contribution in [2.24, 2.45) is 0 Å². The molecule has 0 radical (unpaired) electrons. The Balaban J connectivity index is 1.26. The van der Waals surface area contributed by atoms with Crippen LogP contribution in [0.3, 0.4) is 0 Å². The van der Waals surface area contributed by atoms with Gasteiger partial charge in [0.2, 0.25) is 0 Å². The van der Waals surface area contributed by atoms with Gasteiger partial charge in [0, 0.05) is 31.3 Å². The molecule has 2 heterocycles. The highest BCUT2D eigenvalue weighted by molar-refractivity contribution is 7.25. The molecule has 0 bridgehead atoms. The summed E-state index contributed by atoms with van der Waals surface area (Å²) in [5, 5.41) is 10.3. The number of fused-ring (bicyclic) bond motifs is 9. The van der Waals surface area contributed by atoms with Crippen LogP contribution in [0, 0.1) is 0 Å². The van der Waals surface area contributed by atoms with Crippen LogP contribution >= 0.6 is 11.3 Å². The van der Waals surface area contributed by atoms with Gasteiger partial charge in [0.05, 0.1) is 11.4 Å². The Morgan fingerprint density at radius 1 is 0.412 bits per heavy atom. The predicted octanol–water partition coefficient (Wildman–Crippen LogP) is 14.1. The molecule has 10 aromatic rings. The minimum Gasteiger partial charge on any atom is -0.247 e. The van der Waals surface area contributed by atoms with Gasteiger partial charge in [-0.3, -0.25) is 0 Å². The van der Waals surface area contributed by atoms with Crippen molar-refractivity contribution < 1.29 is 0 Å². The molecular weight excluding hydrogens is 635 g/mol. The molecule has 0 N–H and O–H groups in total. The first kappa shape index (κ1) is 29.8. The first-order valence-corrected chi connectivity index (χ1v) is 18.5. The van der Waals surface area contributed by atoms with Crippen LogP contribution in [0.25, 0.3) is 97.3 Å². The minimum atomic E-state index is 0.892. The second kappa shape index (κ2) is 12.1. The van der Waals surface area contributed by atoms with Gasteiger partial charge < -0.3 is 0 Å². The summed E-state index contributed by atoms with van der Waals surface area (Å²) in [5.74, 6) is 0. The Kier molecular flexibility index (Phi) is 7.04. The topological polar surface area (TPSA) is 12.9 Å². The molecule has 0 saturated carbocycles. The second-order valence-electron chi connectivity index (χ2n) is 13.3. The minimum absolute atomic E-state index is 0.892. The third kappa shape index (κ3) is 4.86. The van der Waals surface area contributed by atoms with Crippen molar-refractivity contribution in [3.05, 3.63) is 175 Å². The van der Waals surface area contributed by atoms with Crippen molar-refractivity contribution in [3.8, 4) is 44.8 Å². The van der Waals surface area contributed by atoms with Crippen LogP contribution in [0.2, 0.25) is 0 Å². The zero-order valence-corrected chi connectivity index (χ0v) is 29.0. The van der Waals surface area contributed by atoms with E-state index in [0.717, 1.165) is 28.9 Å². The van der Waals surface area contributed by atoms with Crippen molar-refractivity contribution in [1.82, 2.24) is 4.98 Å². The summed E-state index contributed by atoms with van der Waals surface area (Å²) in [7, 11) is 0. The molecule has 0 fully saturated rings. The third-order valence-corrected chi connectivity index (χ3v) is 11.6. The number of pyridine rings is 1. The van der Waals surface area contributed by atoms with Gasteiger partial charge in [0.15, 0.2) is 0 Å². The van der Waals surface area contributed by atoms with Crippen molar-refractivity contribution in [2.75, 3.05) is 0 Å². The van der Waals surface area contributed by atoms with Crippen molar-refractivity contribution >= 4 is 63.8 Å². The van der Waals surface area contributed by atoms with E-state index >= 15 is 0 Å². The maximum absolute atomic E-state index is 5.46. The summed E-state index contributed by atoms with van der Waals surface area (Å²) in [5.41, 5.74) is 10.5. The van der Waals surface area contributed by atoms with E-state index in [0.29, 0.717) is 0 Å². The highest BCUT2D eigenvalue weighted by Crippen LogP contribution is 2.44. The third-order valence-electron chi connectivity index (χ3n) is 10.5. The Morgan fingerprint density at radius 2 is 1.02 bits per heavy atom. The average Bonchev–Trinajstić information content (AvgIpc) is 3.58. The standard InChI is InChI=1S/C49H33NS/c1-2-35-43(31-14-5-3-6-15-31)30-45(50-49(35)32-16-7-4-8-17-32)34-25-26-39-37-18-9-10-19-38(37)42-22-13-21-36(48(42)44(39)28-34)33-24-27-41-40-20-11-12-23-46(40)51-47(41)29-33/h3-30H,2H2,1H3. The zero-order chi connectivity index (χ0) is 33.9. The van der Waals surface area contributed by atoms with E-state index < -0.39 is 0 Å². The van der Waals surface area contributed by atoms with Crippen molar-refractivity contribution in [2.45, 2.75) is 13.3 Å². The van der Waals surface area contributed by atoms with E-state index in [-0.39, 0.29) is 0 Å². The molecule has 0 saturated heterocycles. The number of benzene rings is 8. The van der Waals surface area contributed by atoms with Crippen molar-refractivity contribution in [3.63, 3.8) is 0 Å². The second-order valence-corrected chi connectivity index (χ2v) is 14.4. The van der Waals surface area contributed by atoms with Gasteiger partial charge >= 0.3 is 0 Å². The molecule has 10 rings (SSSR count). The van der Waals surface area contributed by atoms with E-state index in [4.69, 9.17) is 4.98 Å². The van der Waals surface area contributed by atoms with Crippen LogP contribution in [0.4, 0.5) is 0 Å². The number of hydrogen-bond donors (Lipinski definition) is 0. The molecule has 2 heteroatoms. The van der Waals surface area contributed by atoms with Gasteiger partial charge in [-0.25, -0.2) is 4.98 Å². The number of thiophene rings is 1. The van der Waals surface area contributed by atoms with Crippen LogP contribution in [-0.4, -0.2) is 4.98 Å². The van der Waals surface area contributed by atoms with Crippen molar-refractivity contribution in [1.29, 1.82) is 0 Å². The van der Waals surface area contributed by atoms with Crippen LogP contribution < -0.4 is 0 Å². The SMILES string of the molecule is CCc1c(-c2ccccc2)cc(-c2ccc3c4ccccc4c4cccc(-c5ccc6c(c5)sc5ccccc56)c4c3c2)nc1-c1ccccc1. The molecule has 0 atom stereocenters. The summed E-state index contributed by atoms with van der Waals surface area (Å²) in [6, 6.07) is 62.1. The Labute approximate surface area is 301 Å². The summed E-state index contributed by atoms with van der Waals surface area (Å²) in [6.45, 7) is 2.24. The van der Waals surface area contributed by atoms with E-state index in [1.807, 2.05) is 11.3 Å². The molecule has 8 aromatic carbocycles. The fourth-order valence-corrected chi connectivity index (χ4v) is 9.23. The lowest BCUT2D eigenvalue weighted by Gasteiger charge is -2.18. The van der Waals surface area contributed by atoms with E-state index in [9.17, 15) is 0 Å². The molecule has 0 spiro atoms. The monoisotopic (exact) mass is 667 g/mol. The van der Waals surface area contributed by atoms with Gasteiger partial charge in [-0.05, 0) is 90.8 Å². The number of aromatic nitrogens is 1. The largest absolute Gasteiger partial charge is 0.247 e. The first-order valence-electron chi connectivity index (χ1n) is 17.7. The van der Waals surface area contributed by atoms with Gasteiger partial charge in [0.25, 0.3) is 0 Å². The zero-order valence-electron chi connectivity index (χ0n) is 28.2. The highest BCUT2D eigenvalue weighted by Gasteiger charge is 2.18. The molecule has 0 amide bonds. The molecule has 0 unspecified atom stereocenters. The van der Waals surface area contributed by atoms with E-state index in [1.165, 1.54) is 80.3 Å². The number of nitrogens with zero attached hydrogens (tertiary/aromatic N) is 1. The molecule has 240 valence electrons. The lowest BCUT2D eigenvalue weighted by Crippen LogP contribution is -1.99. The van der Waals surface area contributed by atoms with Gasteiger partial charge in [0.1, 0.15) is 0 Å². The van der Waals surface area contributed by atoms with Gasteiger partial charge in [-0.15, -0.1) is 11.3 Å². The summed E-state index contributed by atoms with van der Waals surface area (Å²) < 4.78 is 2.65. The van der Waals surface area contributed by atoms with Gasteiger partial charge in [-0.2, -0.15) is 0 Å². The predicted molar refractivity (Wildman–Crippen MR) is 221 cm³/mol. The Morgan fingerprint density at radius 3 is 1.80 bits per heavy atom. The highest BCUT2D eigenvalue weighted by atomic mass is 32.1. The summed E-state index contributed by atoms with van der Waals surface area (Å²) in [4.78, 5) is 5.46. The van der Waals surface area contributed by atoms with E-state index in [2.05, 4.69) is 177 Å². The quantitative estimate of drug-likeness (QED) is 0.167. The molecule has 0 aliphatic carbocycles. The first-order chi connectivity index (χ1) is 25.2. The van der Waals surface area contributed by atoms with Crippen LogP contribution in [-0.2, 0) is 6.42 Å². The normalized spacial score (nSPS) is 11.7. The summed E-state index contributed by atoms with van der Waals surface area (Å²) in [6.07, 6.45) is 0.892. The smallest absolute Gasteiger partial charge is 0.0747 e. The average molecular weight is 668 g/mol. The molecule has 51 heavy (non-hydrogen) atoms. The molecule has 0 aliphatic rings. The van der Waals surface area contributed by atoms with Crippen LogP contribution in [0.1, 0.15) is 12.5 Å². The van der Waals surface area contributed by atoms with Crippen LogP contribution in [0.5, 0.6) is 0 Å². The Hall–Kier alpha value is -6.09. The fraction of sp³-hybridized carbons (Fsp3) is 0.0408. The fourth-order valence-electron chi connectivity index (χ4n) is 8.09.